The summed E-state index contributed by atoms with van der Waals surface area (Å²) >= 11 is 0. The molecule has 0 aromatic carbocycles. The Hall–Kier alpha value is 0.310. The van der Waals surface area contributed by atoms with E-state index >= 15 is 0 Å². The molecule has 4 heteroatoms. The van der Waals surface area contributed by atoms with Crippen molar-refractivity contribution in [1.29, 1.82) is 0 Å². The fourth-order valence-electron chi connectivity index (χ4n) is 0.663. The summed E-state index contributed by atoms with van der Waals surface area (Å²) in [6, 6.07) is 0. The Morgan fingerprint density at radius 3 is 2.20 bits per heavy atom. The van der Waals surface area contributed by atoms with Gasteiger partial charge in [-0.1, -0.05) is 0 Å². The second-order valence-corrected chi connectivity index (χ2v) is 4.62. The summed E-state index contributed by atoms with van der Waals surface area (Å²) in [6.07, 6.45) is 2.01. The molecule has 0 amide bonds. The molecule has 3 nitrogen and oxygen atoms in total. The standard InChI is InChI=1S/C6H17O3P/c1-3-5-9-10(7,8)6-4-2/h7-8,10H,3-6H2,1-2H3. The summed E-state index contributed by atoms with van der Waals surface area (Å²) in [5, 5.41) is 0. The van der Waals surface area contributed by atoms with Crippen LogP contribution in [0.15, 0.2) is 0 Å². The maximum absolute atomic E-state index is 9.12. The van der Waals surface area contributed by atoms with E-state index < -0.39 is 7.94 Å². The summed E-state index contributed by atoms with van der Waals surface area (Å²) < 4.78 is 4.87. The molecule has 64 valence electrons. The van der Waals surface area contributed by atoms with Gasteiger partial charge in [0.25, 0.3) is 0 Å². The second kappa shape index (κ2) is 5.03. The number of hydrogen-bond acceptors (Lipinski definition) is 3. The van der Waals surface area contributed by atoms with Crippen LogP contribution in [0, 0.1) is 0 Å². The predicted molar refractivity (Wildman–Crippen MR) is 44.2 cm³/mol. The molecule has 0 unspecified atom stereocenters. The van der Waals surface area contributed by atoms with Gasteiger partial charge in [-0.2, -0.15) is 0 Å². The van der Waals surface area contributed by atoms with Crippen molar-refractivity contribution in [2.75, 3.05) is 12.8 Å². The van der Waals surface area contributed by atoms with Crippen LogP contribution in [0.25, 0.3) is 0 Å². The van der Waals surface area contributed by atoms with Gasteiger partial charge < -0.3 is 0 Å². The molecule has 0 rings (SSSR count). The molecule has 0 fully saturated rings. The van der Waals surface area contributed by atoms with Crippen molar-refractivity contribution in [2.24, 2.45) is 0 Å². The van der Waals surface area contributed by atoms with Crippen LogP contribution in [0.2, 0.25) is 0 Å². The molecule has 0 aromatic rings. The van der Waals surface area contributed by atoms with Gasteiger partial charge in [0.1, 0.15) is 0 Å². The first kappa shape index (κ1) is 10.3. The molecule has 0 aliphatic heterocycles. The zero-order chi connectivity index (χ0) is 8.04. The van der Waals surface area contributed by atoms with Crippen LogP contribution < -0.4 is 0 Å². The normalized spacial score (nSPS) is 13.6. The number of rotatable bonds is 5. The Kier molecular flexibility index (Phi) is 5.18. The molecule has 2 N–H and O–H groups in total. The van der Waals surface area contributed by atoms with Gasteiger partial charge in [0, 0.05) is 0 Å². The Bertz CT molecular complexity index is 85.1. The van der Waals surface area contributed by atoms with Gasteiger partial charge in [-0.3, -0.25) is 0 Å². The second-order valence-electron chi connectivity index (χ2n) is 2.34. The molecule has 0 aromatic heterocycles. The van der Waals surface area contributed by atoms with Crippen LogP contribution in [0.3, 0.4) is 0 Å². The molecule has 10 heavy (non-hydrogen) atoms. The van der Waals surface area contributed by atoms with Gasteiger partial charge in [-0.15, -0.1) is 0 Å². The van der Waals surface area contributed by atoms with Crippen molar-refractivity contribution >= 4 is 7.94 Å². The van der Waals surface area contributed by atoms with Crippen LogP contribution >= 0.6 is 7.94 Å². The summed E-state index contributed by atoms with van der Waals surface area (Å²) in [5.41, 5.74) is 0. The van der Waals surface area contributed by atoms with E-state index in [0.29, 0.717) is 12.8 Å². The summed E-state index contributed by atoms with van der Waals surface area (Å²) in [7, 11) is -3.22. The van der Waals surface area contributed by atoms with E-state index in [9.17, 15) is 0 Å². The Balaban J connectivity index is 3.42. The van der Waals surface area contributed by atoms with E-state index in [0.717, 1.165) is 12.8 Å². The van der Waals surface area contributed by atoms with Crippen molar-refractivity contribution in [2.45, 2.75) is 26.7 Å². The monoisotopic (exact) mass is 168 g/mol. The predicted octanol–water partition coefficient (Wildman–Crippen LogP) is 1.30. The molecule has 0 saturated heterocycles. The topological polar surface area (TPSA) is 49.7 Å². The fraction of sp³-hybridized carbons (Fsp3) is 1.00. The van der Waals surface area contributed by atoms with Crippen molar-refractivity contribution in [3.63, 3.8) is 0 Å². The maximum atomic E-state index is 9.12. The van der Waals surface area contributed by atoms with Gasteiger partial charge in [-0.05, 0) is 0 Å². The molecule has 0 aliphatic carbocycles. The zero-order valence-electron chi connectivity index (χ0n) is 6.63. The van der Waals surface area contributed by atoms with Crippen LogP contribution in [-0.2, 0) is 4.52 Å². The molecule has 0 radical (unpaired) electrons. The van der Waals surface area contributed by atoms with E-state index in [1.54, 1.807) is 0 Å². The Labute approximate surface area is 62.6 Å². The molecule has 0 saturated carbocycles. The van der Waals surface area contributed by atoms with Crippen LogP contribution in [0.5, 0.6) is 0 Å². The van der Waals surface area contributed by atoms with Crippen LogP contribution in [-0.4, -0.2) is 22.6 Å². The third-order valence-electron chi connectivity index (χ3n) is 1.11. The molecule has 0 aliphatic rings. The van der Waals surface area contributed by atoms with Crippen LogP contribution in [0.4, 0.5) is 0 Å². The molecule has 0 heterocycles. The average Bonchev–Trinajstić information content (AvgIpc) is 1.84. The fourth-order valence-corrected chi connectivity index (χ4v) is 1.99. The minimum atomic E-state index is -3.22. The molecular formula is C6H17O3P. The molecule has 0 bridgehead atoms. The first-order valence-electron chi connectivity index (χ1n) is 3.71. The van der Waals surface area contributed by atoms with E-state index in [-0.39, 0.29) is 0 Å². The summed E-state index contributed by atoms with van der Waals surface area (Å²) in [5.74, 6) is 0. The molecule has 0 atom stereocenters. The number of hydrogen-bond donors (Lipinski definition) is 2. The van der Waals surface area contributed by atoms with Gasteiger partial charge in [0.15, 0.2) is 0 Å². The van der Waals surface area contributed by atoms with Gasteiger partial charge in [-0.25, -0.2) is 0 Å². The van der Waals surface area contributed by atoms with E-state index in [2.05, 4.69) is 0 Å². The first-order valence-corrected chi connectivity index (χ1v) is 5.72. The van der Waals surface area contributed by atoms with E-state index in [1.807, 2.05) is 13.8 Å². The summed E-state index contributed by atoms with van der Waals surface area (Å²) in [4.78, 5) is 18.2. The van der Waals surface area contributed by atoms with Gasteiger partial charge in [0.05, 0.1) is 0 Å². The Morgan fingerprint density at radius 2 is 1.80 bits per heavy atom. The van der Waals surface area contributed by atoms with Gasteiger partial charge >= 0.3 is 61.7 Å². The van der Waals surface area contributed by atoms with Crippen LogP contribution in [0.1, 0.15) is 26.7 Å². The van der Waals surface area contributed by atoms with Crippen molar-refractivity contribution < 1.29 is 14.3 Å². The van der Waals surface area contributed by atoms with Gasteiger partial charge in [0.2, 0.25) is 0 Å². The third kappa shape index (κ3) is 5.12. The van der Waals surface area contributed by atoms with Crippen molar-refractivity contribution in [3.8, 4) is 0 Å². The van der Waals surface area contributed by atoms with E-state index in [1.165, 1.54) is 0 Å². The average molecular weight is 168 g/mol. The van der Waals surface area contributed by atoms with Crippen molar-refractivity contribution in [1.82, 2.24) is 0 Å². The zero-order valence-corrected chi connectivity index (χ0v) is 7.63. The Morgan fingerprint density at radius 1 is 1.20 bits per heavy atom. The van der Waals surface area contributed by atoms with E-state index in [4.69, 9.17) is 14.3 Å². The minimum absolute atomic E-state index is 0.410. The van der Waals surface area contributed by atoms with Crippen molar-refractivity contribution in [3.05, 3.63) is 0 Å². The first-order chi connectivity index (χ1) is 4.62. The third-order valence-corrected chi connectivity index (χ3v) is 2.93. The SMILES string of the molecule is CCCO[PH](O)(O)CCC. The molecular weight excluding hydrogens is 151 g/mol. The summed E-state index contributed by atoms with van der Waals surface area (Å²) in [6.45, 7) is 4.30. The quantitative estimate of drug-likeness (QED) is 0.608. The molecule has 0 spiro atoms.